The summed E-state index contributed by atoms with van der Waals surface area (Å²) in [4.78, 5) is 26.5. The molecule has 1 aromatic carbocycles. The largest absolute Gasteiger partial charge is 0.350 e. The van der Waals surface area contributed by atoms with Crippen LogP contribution >= 0.6 is 11.3 Å². The van der Waals surface area contributed by atoms with Crippen LogP contribution in [-0.4, -0.2) is 35.4 Å². The van der Waals surface area contributed by atoms with Crippen LogP contribution in [0.3, 0.4) is 0 Å². The summed E-state index contributed by atoms with van der Waals surface area (Å²) in [7, 11) is 0. The van der Waals surface area contributed by atoms with Gasteiger partial charge in [0.05, 0.1) is 11.0 Å². The fourth-order valence-electron chi connectivity index (χ4n) is 3.17. The van der Waals surface area contributed by atoms with E-state index >= 15 is 0 Å². The van der Waals surface area contributed by atoms with E-state index in [1.165, 1.54) is 42.3 Å². The van der Waals surface area contributed by atoms with Crippen molar-refractivity contribution in [3.05, 3.63) is 62.3 Å². The first-order valence-corrected chi connectivity index (χ1v) is 9.33. The number of non-ortho nitro benzene ring substituents is 1. The van der Waals surface area contributed by atoms with Crippen LogP contribution < -0.4 is 5.32 Å². The van der Waals surface area contributed by atoms with Gasteiger partial charge in [-0.25, -0.2) is 0 Å². The number of nitro groups is 1. The molecule has 0 spiro atoms. The molecule has 0 radical (unpaired) electrons. The summed E-state index contributed by atoms with van der Waals surface area (Å²) in [6.07, 6.45) is 3.62. The Morgan fingerprint density at radius 1 is 1.24 bits per heavy atom. The van der Waals surface area contributed by atoms with E-state index in [0.717, 1.165) is 13.1 Å². The maximum atomic E-state index is 12.4. The highest BCUT2D eigenvalue weighted by Crippen LogP contribution is 2.27. The maximum absolute atomic E-state index is 12.4. The monoisotopic (exact) mass is 359 g/mol. The molecule has 0 aliphatic carbocycles. The highest BCUT2D eigenvalue weighted by Gasteiger charge is 2.24. The molecule has 1 fully saturated rings. The Bertz CT molecular complexity index is 727. The number of hydrogen-bond donors (Lipinski definition) is 1. The maximum Gasteiger partial charge on any atom is 0.270 e. The van der Waals surface area contributed by atoms with Gasteiger partial charge in [0.1, 0.15) is 0 Å². The molecular weight excluding hydrogens is 338 g/mol. The second-order valence-electron chi connectivity index (χ2n) is 6.15. The summed E-state index contributed by atoms with van der Waals surface area (Å²) in [5.74, 6) is -0.276. The molecule has 2 aromatic rings. The van der Waals surface area contributed by atoms with E-state index < -0.39 is 4.92 Å². The molecule has 1 saturated heterocycles. The van der Waals surface area contributed by atoms with Crippen LogP contribution in [-0.2, 0) is 0 Å². The van der Waals surface area contributed by atoms with Gasteiger partial charge < -0.3 is 5.32 Å². The number of benzene rings is 1. The molecule has 1 atom stereocenters. The molecule has 1 aliphatic heterocycles. The lowest BCUT2D eigenvalue weighted by Gasteiger charge is -2.34. The molecule has 2 heterocycles. The topological polar surface area (TPSA) is 75.5 Å². The number of hydrogen-bond acceptors (Lipinski definition) is 5. The number of thiophene rings is 1. The Labute approximate surface area is 150 Å². The van der Waals surface area contributed by atoms with Crippen molar-refractivity contribution in [1.29, 1.82) is 0 Å². The summed E-state index contributed by atoms with van der Waals surface area (Å²) in [6, 6.07) is 10.1. The minimum Gasteiger partial charge on any atom is -0.350 e. The quantitative estimate of drug-likeness (QED) is 0.631. The van der Waals surface area contributed by atoms with Crippen LogP contribution in [0.5, 0.6) is 0 Å². The average Bonchev–Trinajstić information content (AvgIpc) is 3.17. The summed E-state index contributed by atoms with van der Waals surface area (Å²) in [5, 5.41) is 15.9. The van der Waals surface area contributed by atoms with Crippen molar-refractivity contribution in [3.63, 3.8) is 0 Å². The van der Waals surface area contributed by atoms with Gasteiger partial charge >= 0.3 is 0 Å². The zero-order valence-corrected chi connectivity index (χ0v) is 14.7. The number of amides is 1. The van der Waals surface area contributed by atoms with Crippen LogP contribution in [0.25, 0.3) is 0 Å². The minimum absolute atomic E-state index is 0.0708. The molecule has 0 saturated carbocycles. The van der Waals surface area contributed by atoms with Gasteiger partial charge in [-0.1, -0.05) is 18.6 Å². The van der Waals surface area contributed by atoms with Gasteiger partial charge in [0, 0.05) is 29.1 Å². The first-order chi connectivity index (χ1) is 12.1. The molecular formula is C18H21N3O3S. The molecule has 132 valence electrons. The highest BCUT2D eigenvalue weighted by atomic mass is 32.1. The van der Waals surface area contributed by atoms with Crippen molar-refractivity contribution in [2.24, 2.45) is 0 Å². The summed E-state index contributed by atoms with van der Waals surface area (Å²) < 4.78 is 0. The van der Waals surface area contributed by atoms with Gasteiger partial charge in [0.2, 0.25) is 0 Å². The molecule has 3 rings (SSSR count). The van der Waals surface area contributed by atoms with Crippen molar-refractivity contribution in [1.82, 2.24) is 10.2 Å². The number of carbonyl (C=O) groups excluding carboxylic acids is 1. The third-order valence-corrected chi connectivity index (χ3v) is 5.45. The Morgan fingerprint density at radius 3 is 2.72 bits per heavy atom. The number of piperidine rings is 1. The Hall–Kier alpha value is -2.25. The molecule has 6 nitrogen and oxygen atoms in total. The summed E-state index contributed by atoms with van der Waals surface area (Å²) >= 11 is 1.70. The minimum atomic E-state index is -0.487. The van der Waals surface area contributed by atoms with E-state index in [1.54, 1.807) is 17.4 Å². The van der Waals surface area contributed by atoms with Gasteiger partial charge in [-0.2, -0.15) is 0 Å². The number of nitrogens with one attached hydrogen (secondary N) is 1. The fraction of sp³-hybridized carbons (Fsp3) is 0.389. The normalized spacial score (nSPS) is 16.3. The van der Waals surface area contributed by atoms with E-state index in [4.69, 9.17) is 0 Å². The van der Waals surface area contributed by atoms with Crippen molar-refractivity contribution < 1.29 is 9.72 Å². The molecule has 25 heavy (non-hydrogen) atoms. The van der Waals surface area contributed by atoms with Crippen molar-refractivity contribution in [2.75, 3.05) is 19.6 Å². The predicted octanol–water partition coefficient (Wildman–Crippen LogP) is 3.61. The average molecular weight is 359 g/mol. The summed E-state index contributed by atoms with van der Waals surface area (Å²) in [6.45, 7) is 2.58. The van der Waals surface area contributed by atoms with E-state index in [-0.39, 0.29) is 17.6 Å². The third kappa shape index (κ3) is 4.43. The summed E-state index contributed by atoms with van der Waals surface area (Å²) in [5.41, 5.74) is 0.247. The van der Waals surface area contributed by atoms with Gasteiger partial charge in [-0.05, 0) is 43.4 Å². The highest BCUT2D eigenvalue weighted by molar-refractivity contribution is 7.10. The van der Waals surface area contributed by atoms with Gasteiger partial charge in [-0.3, -0.25) is 19.8 Å². The van der Waals surface area contributed by atoms with Crippen molar-refractivity contribution in [2.45, 2.75) is 25.3 Å². The molecule has 1 N–H and O–H groups in total. The number of rotatable bonds is 6. The van der Waals surface area contributed by atoms with E-state index in [2.05, 4.69) is 21.7 Å². The number of carbonyl (C=O) groups is 1. The molecule has 0 unspecified atom stereocenters. The van der Waals surface area contributed by atoms with Crippen LogP contribution in [0.15, 0.2) is 41.8 Å². The number of nitrogens with zero attached hydrogens (tertiary/aromatic N) is 2. The Balaban J connectivity index is 1.69. The Kier molecular flexibility index (Phi) is 5.78. The zero-order chi connectivity index (χ0) is 17.6. The van der Waals surface area contributed by atoms with Gasteiger partial charge in [0.25, 0.3) is 11.6 Å². The zero-order valence-electron chi connectivity index (χ0n) is 13.9. The SMILES string of the molecule is O=C(NC[C@H](c1cccs1)N1CCCCC1)c1cccc([N+](=O)[O-])c1. The number of likely N-dealkylation sites (tertiary alicyclic amines) is 1. The molecule has 1 amide bonds. The van der Waals surface area contributed by atoms with Crippen molar-refractivity contribution in [3.8, 4) is 0 Å². The predicted molar refractivity (Wildman–Crippen MR) is 97.9 cm³/mol. The van der Waals surface area contributed by atoms with Crippen molar-refractivity contribution >= 4 is 22.9 Å². The second-order valence-corrected chi connectivity index (χ2v) is 7.12. The van der Waals surface area contributed by atoms with Crippen LogP contribution in [0.4, 0.5) is 5.69 Å². The number of nitro benzene ring substituents is 1. The van der Waals surface area contributed by atoms with Gasteiger partial charge in [0.15, 0.2) is 0 Å². The lowest BCUT2D eigenvalue weighted by Crippen LogP contribution is -2.40. The van der Waals surface area contributed by atoms with E-state index in [1.807, 2.05) is 6.07 Å². The molecule has 7 heteroatoms. The van der Waals surface area contributed by atoms with Crippen LogP contribution in [0.1, 0.15) is 40.5 Å². The van der Waals surface area contributed by atoms with Gasteiger partial charge in [-0.15, -0.1) is 11.3 Å². The van der Waals surface area contributed by atoms with Crippen LogP contribution in [0.2, 0.25) is 0 Å². The fourth-order valence-corrected chi connectivity index (χ4v) is 4.03. The Morgan fingerprint density at radius 2 is 2.04 bits per heavy atom. The first-order valence-electron chi connectivity index (χ1n) is 8.45. The van der Waals surface area contributed by atoms with Crippen LogP contribution in [0, 0.1) is 10.1 Å². The lowest BCUT2D eigenvalue weighted by atomic mass is 10.1. The molecule has 0 bridgehead atoms. The van der Waals surface area contributed by atoms with E-state index in [0.29, 0.717) is 12.1 Å². The first kappa shape index (κ1) is 17.6. The van der Waals surface area contributed by atoms with E-state index in [9.17, 15) is 14.9 Å². The molecule has 1 aromatic heterocycles. The second kappa shape index (κ2) is 8.22. The lowest BCUT2D eigenvalue weighted by molar-refractivity contribution is -0.384. The molecule has 1 aliphatic rings. The smallest absolute Gasteiger partial charge is 0.270 e. The standard InChI is InChI=1S/C18H21N3O3S/c22-18(14-6-4-7-15(12-14)21(23)24)19-13-16(17-8-5-11-25-17)20-9-2-1-3-10-20/h4-8,11-12,16H,1-3,9-10,13H2,(H,19,22)/t16-/m1/s1. The third-order valence-electron chi connectivity index (χ3n) is 4.48.